The monoisotopic (exact) mass is 603 g/mol. The standard InChI is InChI=1S/C32H36F5N4O2/c33-31(34)11-15-39(16-12-31)29(42)28-20-23-19-22(30(43)41(17-2-1-3-18-41)26-9-13-38-14-10-26)7-8-27(23)40(28)25-6-4-5-24(21-25)32(35,36)37/h4-8,19-21,26,38H,1-3,9-18H2/q+1. The van der Waals surface area contributed by atoms with Crippen LogP contribution < -0.4 is 5.32 Å². The molecule has 0 spiro atoms. The normalized spacial score (nSPS) is 21.2. The highest BCUT2D eigenvalue weighted by molar-refractivity contribution is 6.02. The fraction of sp³-hybridized carbons (Fsp3) is 0.500. The average molecular weight is 604 g/mol. The number of carbonyl (C=O) groups excluding carboxylic acids is 2. The van der Waals surface area contributed by atoms with E-state index in [9.17, 15) is 31.5 Å². The van der Waals surface area contributed by atoms with E-state index in [0.29, 0.717) is 20.9 Å². The number of hydrogen-bond acceptors (Lipinski definition) is 3. The number of hydrogen-bond donors (Lipinski definition) is 1. The Morgan fingerprint density at radius 3 is 2.28 bits per heavy atom. The first-order valence-corrected chi connectivity index (χ1v) is 15.1. The van der Waals surface area contributed by atoms with Crippen LogP contribution in [-0.2, 0) is 6.18 Å². The minimum Gasteiger partial charge on any atom is -0.337 e. The second-order valence-corrected chi connectivity index (χ2v) is 12.2. The summed E-state index contributed by atoms with van der Waals surface area (Å²) in [5, 5.41) is 3.92. The summed E-state index contributed by atoms with van der Waals surface area (Å²) in [6.45, 7) is 2.97. The van der Waals surface area contributed by atoms with Gasteiger partial charge in [-0.1, -0.05) is 6.07 Å². The summed E-state index contributed by atoms with van der Waals surface area (Å²) in [5.74, 6) is -3.36. The van der Waals surface area contributed by atoms with Gasteiger partial charge in [-0.15, -0.1) is 0 Å². The highest BCUT2D eigenvalue weighted by Crippen LogP contribution is 2.36. The molecule has 4 heterocycles. The van der Waals surface area contributed by atoms with Crippen molar-refractivity contribution in [3.63, 3.8) is 0 Å². The van der Waals surface area contributed by atoms with E-state index < -0.39 is 36.4 Å². The number of amides is 2. The molecule has 6 nitrogen and oxygen atoms in total. The number of rotatable bonds is 4. The molecule has 1 N–H and O–H groups in total. The first kappa shape index (κ1) is 29.7. The summed E-state index contributed by atoms with van der Waals surface area (Å²) in [4.78, 5) is 29.4. The Labute approximate surface area is 247 Å². The number of nitrogens with zero attached hydrogens (tertiary/aromatic N) is 3. The number of quaternary nitrogens is 1. The zero-order chi connectivity index (χ0) is 30.4. The largest absolute Gasteiger partial charge is 0.416 e. The minimum absolute atomic E-state index is 0.0338. The van der Waals surface area contributed by atoms with Crippen molar-refractivity contribution >= 4 is 22.7 Å². The molecule has 3 aromatic rings. The Bertz CT molecular complexity index is 1510. The van der Waals surface area contributed by atoms with Crippen molar-refractivity contribution in [3.8, 4) is 5.69 Å². The number of aromatic nitrogens is 1. The first-order valence-electron chi connectivity index (χ1n) is 15.1. The van der Waals surface area contributed by atoms with Gasteiger partial charge in [-0.05, 0) is 61.7 Å². The molecular formula is C32H36F5N4O2+. The van der Waals surface area contributed by atoms with Gasteiger partial charge in [-0.3, -0.25) is 9.28 Å². The molecule has 6 rings (SSSR count). The molecule has 0 unspecified atom stereocenters. The van der Waals surface area contributed by atoms with Gasteiger partial charge in [-0.2, -0.15) is 13.2 Å². The molecule has 43 heavy (non-hydrogen) atoms. The molecule has 0 radical (unpaired) electrons. The van der Waals surface area contributed by atoms with E-state index >= 15 is 0 Å². The molecule has 3 aliphatic heterocycles. The van der Waals surface area contributed by atoms with E-state index in [1.54, 1.807) is 24.3 Å². The van der Waals surface area contributed by atoms with Crippen LogP contribution in [0.5, 0.6) is 0 Å². The SMILES string of the molecule is O=C(c1cc2cc(C(=O)[N+]3(C4CCNCC4)CCCCC3)ccc2n1-c1cccc(C(F)(F)F)c1)N1CCC(F)(F)CC1. The summed E-state index contributed by atoms with van der Waals surface area (Å²) in [7, 11) is 0. The van der Waals surface area contributed by atoms with Gasteiger partial charge in [0.1, 0.15) is 5.69 Å². The highest BCUT2D eigenvalue weighted by atomic mass is 19.4. The van der Waals surface area contributed by atoms with Gasteiger partial charge in [0.05, 0.1) is 35.8 Å². The summed E-state index contributed by atoms with van der Waals surface area (Å²) < 4.78 is 70.5. The van der Waals surface area contributed by atoms with Crippen LogP contribution in [0.4, 0.5) is 22.0 Å². The minimum atomic E-state index is -4.60. The third-order valence-corrected chi connectivity index (χ3v) is 9.51. The maximum Gasteiger partial charge on any atom is 0.416 e. The van der Waals surface area contributed by atoms with Gasteiger partial charge in [-0.25, -0.2) is 13.6 Å². The Morgan fingerprint density at radius 1 is 0.907 bits per heavy atom. The lowest BCUT2D eigenvalue weighted by Crippen LogP contribution is -2.63. The summed E-state index contributed by atoms with van der Waals surface area (Å²) in [5.41, 5.74) is 0.306. The molecule has 1 aromatic heterocycles. The lowest BCUT2D eigenvalue weighted by molar-refractivity contribution is -0.880. The molecule has 2 aromatic carbocycles. The van der Waals surface area contributed by atoms with Crippen LogP contribution in [0, 0.1) is 0 Å². The van der Waals surface area contributed by atoms with Crippen molar-refractivity contribution in [1.82, 2.24) is 14.8 Å². The van der Waals surface area contributed by atoms with Gasteiger partial charge in [0, 0.05) is 62.9 Å². The van der Waals surface area contributed by atoms with Crippen molar-refractivity contribution in [1.29, 1.82) is 0 Å². The fourth-order valence-electron chi connectivity index (χ4n) is 7.17. The predicted octanol–water partition coefficient (Wildman–Crippen LogP) is 6.41. The molecule has 230 valence electrons. The van der Waals surface area contributed by atoms with Crippen molar-refractivity contribution < 1.29 is 36.0 Å². The van der Waals surface area contributed by atoms with E-state index in [0.717, 1.165) is 70.4 Å². The second-order valence-electron chi connectivity index (χ2n) is 12.2. The van der Waals surface area contributed by atoms with Gasteiger partial charge >= 0.3 is 12.1 Å². The van der Waals surface area contributed by atoms with Crippen LogP contribution in [0.2, 0.25) is 0 Å². The highest BCUT2D eigenvalue weighted by Gasteiger charge is 2.46. The molecule has 11 heteroatoms. The quantitative estimate of drug-likeness (QED) is 0.277. The summed E-state index contributed by atoms with van der Waals surface area (Å²) in [6, 6.07) is 11.6. The third-order valence-electron chi connectivity index (χ3n) is 9.51. The molecule has 0 atom stereocenters. The smallest absolute Gasteiger partial charge is 0.337 e. The van der Waals surface area contributed by atoms with Crippen molar-refractivity contribution in [2.24, 2.45) is 0 Å². The van der Waals surface area contributed by atoms with Crippen LogP contribution in [0.1, 0.15) is 71.4 Å². The van der Waals surface area contributed by atoms with E-state index in [1.165, 1.54) is 21.6 Å². The maximum absolute atomic E-state index is 14.3. The first-order chi connectivity index (χ1) is 20.5. The van der Waals surface area contributed by atoms with Gasteiger partial charge in [0.2, 0.25) is 0 Å². The molecule has 0 bridgehead atoms. The summed E-state index contributed by atoms with van der Waals surface area (Å²) in [6.07, 6.45) is -0.696. The number of piperidine rings is 3. The van der Waals surface area contributed by atoms with E-state index in [1.807, 2.05) is 0 Å². The molecule has 3 aliphatic rings. The number of halogens is 5. The molecule has 0 aliphatic carbocycles. The van der Waals surface area contributed by atoms with Crippen LogP contribution >= 0.6 is 0 Å². The topological polar surface area (TPSA) is 54.3 Å². The number of carbonyl (C=O) groups is 2. The van der Waals surface area contributed by atoms with E-state index in [2.05, 4.69) is 5.32 Å². The molecule has 3 fully saturated rings. The van der Waals surface area contributed by atoms with Crippen LogP contribution in [-0.4, -0.2) is 77.0 Å². The molecule has 2 amide bonds. The number of alkyl halides is 5. The Balaban J connectivity index is 1.44. The Hall–Kier alpha value is -3.31. The lowest BCUT2D eigenvalue weighted by Gasteiger charge is -2.46. The number of benzene rings is 2. The van der Waals surface area contributed by atoms with E-state index in [-0.39, 0.29) is 36.4 Å². The zero-order valence-corrected chi connectivity index (χ0v) is 23.9. The average Bonchev–Trinajstić information content (AvgIpc) is 3.40. The molecule has 0 saturated carbocycles. The van der Waals surface area contributed by atoms with E-state index in [4.69, 9.17) is 0 Å². The van der Waals surface area contributed by atoms with Crippen LogP contribution in [0.15, 0.2) is 48.5 Å². The van der Waals surface area contributed by atoms with Crippen molar-refractivity contribution in [2.45, 2.75) is 63.1 Å². The molecule has 3 saturated heterocycles. The number of nitrogens with one attached hydrogen (secondary N) is 1. The van der Waals surface area contributed by atoms with Crippen molar-refractivity contribution in [3.05, 3.63) is 65.4 Å². The van der Waals surface area contributed by atoms with Crippen molar-refractivity contribution in [2.75, 3.05) is 39.3 Å². The predicted molar refractivity (Wildman–Crippen MR) is 152 cm³/mol. The lowest BCUT2D eigenvalue weighted by atomic mass is 9.94. The fourth-order valence-corrected chi connectivity index (χ4v) is 7.17. The molecular weight excluding hydrogens is 567 g/mol. The van der Waals surface area contributed by atoms with Crippen LogP contribution in [0.25, 0.3) is 16.6 Å². The number of fused-ring (bicyclic) bond motifs is 1. The van der Waals surface area contributed by atoms with Gasteiger partial charge in [0.15, 0.2) is 0 Å². The van der Waals surface area contributed by atoms with Crippen LogP contribution in [0.3, 0.4) is 0 Å². The number of likely N-dealkylation sites (tertiary alicyclic amines) is 2. The Morgan fingerprint density at radius 2 is 1.60 bits per heavy atom. The summed E-state index contributed by atoms with van der Waals surface area (Å²) >= 11 is 0. The third kappa shape index (κ3) is 5.69. The maximum atomic E-state index is 14.3. The Kier molecular flexibility index (Phi) is 7.83. The van der Waals surface area contributed by atoms with Gasteiger partial charge in [0.25, 0.3) is 11.8 Å². The second kappa shape index (κ2) is 11.3. The van der Waals surface area contributed by atoms with Gasteiger partial charge < -0.3 is 14.8 Å². The zero-order valence-electron chi connectivity index (χ0n) is 23.9.